The van der Waals surface area contributed by atoms with Crippen LogP contribution in [0.5, 0.6) is 0 Å². The summed E-state index contributed by atoms with van der Waals surface area (Å²) in [6.07, 6.45) is 2.10. The number of halogens is 3. The lowest BCUT2D eigenvalue weighted by molar-refractivity contribution is -0.269. The van der Waals surface area contributed by atoms with Crippen molar-refractivity contribution in [3.63, 3.8) is 0 Å². The number of rotatable bonds is 4. The zero-order chi connectivity index (χ0) is 25.7. The lowest BCUT2D eigenvalue weighted by Crippen LogP contribution is -2.70. The molecule has 36 heavy (non-hydrogen) atoms. The van der Waals surface area contributed by atoms with E-state index in [0.29, 0.717) is 18.7 Å². The van der Waals surface area contributed by atoms with Crippen molar-refractivity contribution in [2.45, 2.75) is 63.2 Å². The maximum absolute atomic E-state index is 17.3. The van der Waals surface area contributed by atoms with Crippen LogP contribution in [-0.2, 0) is 21.0 Å². The van der Waals surface area contributed by atoms with Gasteiger partial charge in [0.15, 0.2) is 29.5 Å². The van der Waals surface area contributed by atoms with E-state index in [-0.39, 0.29) is 25.0 Å². The number of nitrogens with zero attached hydrogens (tertiary/aromatic N) is 1. The number of carbonyl (C=O) groups is 2. The Kier molecular flexibility index (Phi) is 5.12. The molecule has 1 aromatic rings. The Bertz CT molecular complexity index is 1170. The van der Waals surface area contributed by atoms with Crippen LogP contribution in [0, 0.1) is 28.6 Å². The molecule has 6 rings (SSSR count). The van der Waals surface area contributed by atoms with Crippen LogP contribution in [0.3, 0.4) is 0 Å². The first-order chi connectivity index (χ1) is 17.0. The van der Waals surface area contributed by atoms with Crippen molar-refractivity contribution in [1.82, 2.24) is 5.06 Å². The van der Waals surface area contributed by atoms with Crippen LogP contribution in [0.4, 0.5) is 13.2 Å². The van der Waals surface area contributed by atoms with E-state index in [1.807, 2.05) is 0 Å². The highest BCUT2D eigenvalue weighted by Gasteiger charge is 2.79. The molecule has 5 aliphatic rings. The van der Waals surface area contributed by atoms with Crippen molar-refractivity contribution in [1.29, 1.82) is 0 Å². The summed E-state index contributed by atoms with van der Waals surface area (Å²) in [7, 11) is 0. The molecular weight excluding hydrogens is 475 g/mol. The Labute approximate surface area is 207 Å². The molecule has 1 aliphatic heterocycles. The number of carbonyl (C=O) groups excluding carboxylic acids is 2. The van der Waals surface area contributed by atoms with E-state index in [1.165, 1.54) is 25.3 Å². The van der Waals surface area contributed by atoms with E-state index >= 15 is 8.78 Å². The van der Waals surface area contributed by atoms with Crippen LogP contribution < -0.4 is 0 Å². The molecule has 1 N–H and O–H groups in total. The molecule has 4 fully saturated rings. The van der Waals surface area contributed by atoms with Gasteiger partial charge < -0.3 is 9.52 Å². The largest absolute Gasteiger partial charge is 0.468 e. The molecule has 0 amide bonds. The number of aliphatic hydroxyl groups excluding tert-OH is 1. The van der Waals surface area contributed by atoms with Gasteiger partial charge in [-0.15, -0.1) is 0 Å². The van der Waals surface area contributed by atoms with E-state index in [1.54, 1.807) is 24.1 Å². The van der Waals surface area contributed by atoms with Crippen LogP contribution >= 0.6 is 0 Å². The number of hydrogen-bond donors (Lipinski definition) is 1. The number of aliphatic hydroxyl groups is 1. The van der Waals surface area contributed by atoms with Crippen LogP contribution in [0.1, 0.15) is 38.9 Å². The average Bonchev–Trinajstić information content (AvgIpc) is 3.53. The summed E-state index contributed by atoms with van der Waals surface area (Å²) in [6, 6.07) is 3.50. The fraction of sp³-hybridized carbons (Fsp3) is 0.630. The molecule has 0 bridgehead atoms. The minimum atomic E-state index is -2.25. The standard InChI is InChI=1S/C27H30F3NO5/c1-24-6-5-16(32)9-20(24)21(29)10-19-18-8-15-13-31(14-17-4-3-7-35-17)36-27(15,23(34)12-28)25(18,2)11-22(33)26(19,24)30/h3-7,9,15,18-19,21-22,33H,8,10-14H2,1-2H3/t15-,18-,19-,21-,22-,24-,25-,26-,27-/m0/s1. The second-order valence-electron chi connectivity index (χ2n) is 11.6. The second-order valence-corrected chi connectivity index (χ2v) is 11.6. The summed E-state index contributed by atoms with van der Waals surface area (Å²) in [5.74, 6) is -2.45. The van der Waals surface area contributed by atoms with Crippen molar-refractivity contribution in [2.24, 2.45) is 28.6 Å². The number of furan rings is 1. The van der Waals surface area contributed by atoms with E-state index in [2.05, 4.69) is 0 Å². The maximum atomic E-state index is 17.3. The van der Waals surface area contributed by atoms with Gasteiger partial charge in [0, 0.05) is 29.2 Å². The second kappa shape index (κ2) is 7.65. The van der Waals surface area contributed by atoms with Crippen molar-refractivity contribution < 1.29 is 37.1 Å². The summed E-state index contributed by atoms with van der Waals surface area (Å²) in [4.78, 5) is 31.6. The van der Waals surface area contributed by atoms with Crippen molar-refractivity contribution >= 4 is 11.6 Å². The van der Waals surface area contributed by atoms with Crippen LogP contribution in [-0.4, -0.2) is 58.5 Å². The van der Waals surface area contributed by atoms with E-state index in [4.69, 9.17) is 9.25 Å². The van der Waals surface area contributed by atoms with Gasteiger partial charge >= 0.3 is 0 Å². The number of alkyl halides is 3. The number of hydrogen-bond acceptors (Lipinski definition) is 6. The highest BCUT2D eigenvalue weighted by molar-refractivity contribution is 6.01. The van der Waals surface area contributed by atoms with Gasteiger partial charge in [0.25, 0.3) is 0 Å². The summed E-state index contributed by atoms with van der Waals surface area (Å²) >= 11 is 0. The quantitative estimate of drug-likeness (QED) is 0.670. The van der Waals surface area contributed by atoms with Crippen LogP contribution in [0.25, 0.3) is 0 Å². The van der Waals surface area contributed by atoms with Gasteiger partial charge in [-0.05, 0) is 62.0 Å². The monoisotopic (exact) mass is 505 g/mol. The van der Waals surface area contributed by atoms with Crippen LogP contribution in [0.2, 0.25) is 0 Å². The number of ketones is 2. The molecule has 9 heteroatoms. The first-order valence-electron chi connectivity index (χ1n) is 12.5. The maximum Gasteiger partial charge on any atom is 0.198 e. The molecule has 1 aromatic heterocycles. The molecular formula is C27H30F3NO5. The molecule has 0 aromatic carbocycles. The Morgan fingerprint density at radius 2 is 2.06 bits per heavy atom. The molecule has 0 unspecified atom stereocenters. The fourth-order valence-electron chi connectivity index (χ4n) is 8.59. The first kappa shape index (κ1) is 24.1. The lowest BCUT2D eigenvalue weighted by atomic mass is 9.44. The zero-order valence-corrected chi connectivity index (χ0v) is 20.3. The molecule has 4 aliphatic carbocycles. The summed E-state index contributed by atoms with van der Waals surface area (Å²) in [5, 5.41) is 13.0. The molecule has 0 radical (unpaired) electrons. The minimum absolute atomic E-state index is 0.0463. The SMILES string of the molecule is C[C@]12C=CC(=O)C=C1[C@@H](F)C[C@H]1[C@@H]3C[C@H]4CN(Cc5ccco5)O[C@@]4(C(=O)CF)[C@@]3(C)C[C@H](O)[C@@]12F. The number of Topliss-reactive ketones (excluding diaryl/α,β-unsaturated/α-hetero) is 1. The molecule has 3 saturated carbocycles. The smallest absolute Gasteiger partial charge is 0.198 e. The summed E-state index contributed by atoms with van der Waals surface area (Å²) in [6.45, 7) is 2.59. The van der Waals surface area contributed by atoms with Gasteiger partial charge in [-0.2, -0.15) is 5.06 Å². The third-order valence-corrected chi connectivity index (χ3v) is 10.1. The van der Waals surface area contributed by atoms with E-state index in [9.17, 15) is 19.1 Å². The molecule has 2 heterocycles. The van der Waals surface area contributed by atoms with Gasteiger partial charge in [-0.25, -0.2) is 13.2 Å². The summed E-state index contributed by atoms with van der Waals surface area (Å²) in [5.41, 5.74) is -6.43. The van der Waals surface area contributed by atoms with Crippen LogP contribution in [0.15, 0.2) is 46.6 Å². The number of fused-ring (bicyclic) bond motifs is 7. The van der Waals surface area contributed by atoms with Gasteiger partial charge in [-0.1, -0.05) is 13.0 Å². The first-order valence-corrected chi connectivity index (χ1v) is 12.5. The molecule has 0 spiro atoms. The number of hydroxylamine groups is 2. The predicted octanol–water partition coefficient (Wildman–Crippen LogP) is 3.85. The minimum Gasteiger partial charge on any atom is -0.468 e. The van der Waals surface area contributed by atoms with E-state index in [0.717, 1.165) is 6.08 Å². The molecule has 6 nitrogen and oxygen atoms in total. The topological polar surface area (TPSA) is 80.0 Å². The van der Waals surface area contributed by atoms with Gasteiger partial charge in [0.2, 0.25) is 0 Å². The zero-order valence-electron chi connectivity index (χ0n) is 20.3. The Hall–Kier alpha value is -2.23. The fourth-order valence-corrected chi connectivity index (χ4v) is 8.59. The summed E-state index contributed by atoms with van der Waals surface area (Å²) < 4.78 is 52.4. The highest BCUT2D eigenvalue weighted by atomic mass is 19.1. The average molecular weight is 506 g/mol. The number of allylic oxidation sites excluding steroid dienone is 4. The third kappa shape index (κ3) is 2.74. The molecule has 194 valence electrons. The Morgan fingerprint density at radius 1 is 1.28 bits per heavy atom. The molecule has 1 saturated heterocycles. The molecule has 9 atom stereocenters. The Balaban J connectivity index is 1.42. The van der Waals surface area contributed by atoms with Crippen molar-refractivity contribution in [3.8, 4) is 0 Å². The normalized spacial score (nSPS) is 47.7. The highest BCUT2D eigenvalue weighted by Crippen LogP contribution is 2.72. The van der Waals surface area contributed by atoms with Crippen molar-refractivity contribution in [2.75, 3.05) is 13.2 Å². The van der Waals surface area contributed by atoms with Crippen molar-refractivity contribution in [3.05, 3.63) is 48.0 Å². The van der Waals surface area contributed by atoms with Gasteiger partial charge in [0.1, 0.15) is 11.9 Å². The lowest BCUT2D eigenvalue weighted by Gasteiger charge is -2.63. The van der Waals surface area contributed by atoms with E-state index < -0.39 is 70.4 Å². The Morgan fingerprint density at radius 3 is 2.75 bits per heavy atom. The predicted molar refractivity (Wildman–Crippen MR) is 121 cm³/mol. The third-order valence-electron chi connectivity index (χ3n) is 10.1. The van der Waals surface area contributed by atoms with Gasteiger partial charge in [-0.3, -0.25) is 14.4 Å². The van der Waals surface area contributed by atoms with Gasteiger partial charge in [0.05, 0.1) is 18.9 Å².